The molecule has 0 saturated heterocycles. The van der Waals surface area contributed by atoms with Crippen LogP contribution in [0.2, 0.25) is 0 Å². The van der Waals surface area contributed by atoms with Gasteiger partial charge in [-0.2, -0.15) is 0 Å². The number of hydrogen-bond donors (Lipinski definition) is 0. The maximum Gasteiger partial charge on any atom is 0.333 e. The Kier molecular flexibility index (Phi) is 5.53. The first-order valence-corrected chi connectivity index (χ1v) is 4.47. The third-order valence-corrected chi connectivity index (χ3v) is 1.89. The molecule has 0 aliphatic heterocycles. The summed E-state index contributed by atoms with van der Waals surface area (Å²) in [6.07, 6.45) is 2.08. The molecule has 0 rings (SSSR count). The van der Waals surface area contributed by atoms with Crippen LogP contribution in [0.15, 0.2) is 23.8 Å². The largest absolute Gasteiger partial charge is 0.462 e. The minimum Gasteiger partial charge on any atom is -0.462 e. The summed E-state index contributed by atoms with van der Waals surface area (Å²) in [7, 11) is 0. The number of rotatable bonds is 5. The average molecular weight is 196 g/mol. The molecule has 3 heteroatoms. The van der Waals surface area contributed by atoms with Gasteiger partial charge < -0.3 is 4.74 Å². The van der Waals surface area contributed by atoms with Crippen LogP contribution in [0.1, 0.15) is 27.2 Å². The highest BCUT2D eigenvalue weighted by molar-refractivity contribution is 5.92. The van der Waals surface area contributed by atoms with Gasteiger partial charge in [-0.1, -0.05) is 12.7 Å². The molecule has 78 valence electrons. The Labute approximate surface area is 84.4 Å². The number of carbonyl (C=O) groups excluding carboxylic acids is 2. The molecular weight excluding hydrogens is 180 g/mol. The van der Waals surface area contributed by atoms with Crippen molar-refractivity contribution in [3.05, 3.63) is 23.8 Å². The predicted molar refractivity (Wildman–Crippen MR) is 54.8 cm³/mol. The molecule has 0 N–H and O–H groups in total. The van der Waals surface area contributed by atoms with Crippen LogP contribution >= 0.6 is 0 Å². The van der Waals surface area contributed by atoms with E-state index in [1.54, 1.807) is 19.9 Å². The lowest BCUT2D eigenvalue weighted by atomic mass is 10.1. The van der Waals surface area contributed by atoms with Crippen molar-refractivity contribution < 1.29 is 14.3 Å². The quantitative estimate of drug-likeness (QED) is 0.499. The fourth-order valence-corrected chi connectivity index (χ4v) is 0.675. The van der Waals surface area contributed by atoms with Crippen LogP contribution < -0.4 is 0 Å². The summed E-state index contributed by atoms with van der Waals surface area (Å²) in [4.78, 5) is 21.9. The average Bonchev–Trinajstić information content (AvgIpc) is 2.15. The van der Waals surface area contributed by atoms with Crippen molar-refractivity contribution in [2.24, 2.45) is 0 Å². The minimum absolute atomic E-state index is 0.0659. The molecule has 0 atom stereocenters. The molecule has 14 heavy (non-hydrogen) atoms. The van der Waals surface area contributed by atoms with Gasteiger partial charge in [0.1, 0.15) is 0 Å². The molecule has 0 heterocycles. The highest BCUT2D eigenvalue weighted by atomic mass is 16.5. The molecule has 0 aliphatic carbocycles. The van der Waals surface area contributed by atoms with Crippen LogP contribution in [0.25, 0.3) is 0 Å². The van der Waals surface area contributed by atoms with Gasteiger partial charge >= 0.3 is 5.97 Å². The number of esters is 1. The van der Waals surface area contributed by atoms with Gasteiger partial charge in [-0.25, -0.2) is 4.79 Å². The zero-order chi connectivity index (χ0) is 11.1. The summed E-state index contributed by atoms with van der Waals surface area (Å²) in [5.74, 6) is -0.410. The van der Waals surface area contributed by atoms with Gasteiger partial charge in [0.15, 0.2) is 5.78 Å². The number of carbonyl (C=O) groups is 2. The molecule has 0 fully saturated rings. The zero-order valence-corrected chi connectivity index (χ0v) is 8.92. The number of Topliss-reactive ketones (excluding diaryl/α,β-unsaturated/α-hetero) is 1. The SMILES string of the molecule is C=C(CCOC(=O)/C(C)=C\C)C(C)=O. The molecule has 0 amide bonds. The Balaban J connectivity index is 3.81. The summed E-state index contributed by atoms with van der Waals surface area (Å²) in [6.45, 7) is 8.67. The molecule has 0 spiro atoms. The highest BCUT2D eigenvalue weighted by Crippen LogP contribution is 2.02. The number of ketones is 1. The second-order valence-electron chi connectivity index (χ2n) is 3.02. The molecule has 0 aromatic heterocycles. The van der Waals surface area contributed by atoms with Gasteiger partial charge in [-0.3, -0.25) is 4.79 Å². The topological polar surface area (TPSA) is 43.4 Å². The highest BCUT2D eigenvalue weighted by Gasteiger charge is 2.05. The number of ether oxygens (including phenoxy) is 1. The van der Waals surface area contributed by atoms with E-state index in [0.29, 0.717) is 17.6 Å². The molecule has 0 radical (unpaired) electrons. The van der Waals surface area contributed by atoms with E-state index in [1.165, 1.54) is 6.92 Å². The van der Waals surface area contributed by atoms with Gasteiger partial charge in [0.2, 0.25) is 0 Å². The molecule has 0 aliphatic rings. The Hall–Kier alpha value is -1.38. The standard InChI is InChI=1S/C11H16O3/c1-5-8(2)11(13)14-7-6-9(3)10(4)12/h5H,3,6-7H2,1-2,4H3/b8-5-. The first-order valence-electron chi connectivity index (χ1n) is 4.47. The second kappa shape index (κ2) is 6.13. The maximum absolute atomic E-state index is 11.1. The Morgan fingerprint density at radius 3 is 2.36 bits per heavy atom. The maximum atomic E-state index is 11.1. The molecule has 0 saturated carbocycles. The smallest absolute Gasteiger partial charge is 0.333 e. The van der Waals surface area contributed by atoms with Crippen LogP contribution in [0.5, 0.6) is 0 Å². The summed E-state index contributed by atoms with van der Waals surface area (Å²) in [5.41, 5.74) is 1.05. The molecule has 3 nitrogen and oxygen atoms in total. The van der Waals surface area contributed by atoms with Crippen molar-refractivity contribution in [2.45, 2.75) is 27.2 Å². The van der Waals surface area contributed by atoms with E-state index in [4.69, 9.17) is 4.74 Å². The zero-order valence-electron chi connectivity index (χ0n) is 8.92. The van der Waals surface area contributed by atoms with Crippen molar-refractivity contribution >= 4 is 11.8 Å². The lowest BCUT2D eigenvalue weighted by Crippen LogP contribution is -2.08. The molecule has 0 unspecified atom stereocenters. The van der Waals surface area contributed by atoms with Gasteiger partial charge in [-0.15, -0.1) is 0 Å². The number of hydrogen-bond acceptors (Lipinski definition) is 3. The summed E-state index contributed by atoms with van der Waals surface area (Å²) in [5, 5.41) is 0. The summed E-state index contributed by atoms with van der Waals surface area (Å²) >= 11 is 0. The van der Waals surface area contributed by atoms with Gasteiger partial charge in [-0.05, 0) is 26.3 Å². The summed E-state index contributed by atoms with van der Waals surface area (Å²) < 4.78 is 4.90. The van der Waals surface area contributed by atoms with E-state index in [-0.39, 0.29) is 18.4 Å². The molecular formula is C11H16O3. The lowest BCUT2D eigenvalue weighted by molar-refractivity contribution is -0.139. The summed E-state index contributed by atoms with van der Waals surface area (Å²) in [6, 6.07) is 0. The van der Waals surface area contributed by atoms with Gasteiger partial charge in [0.05, 0.1) is 6.61 Å². The molecule has 0 bridgehead atoms. The van der Waals surface area contributed by atoms with Crippen molar-refractivity contribution in [2.75, 3.05) is 6.61 Å². The van der Waals surface area contributed by atoms with Crippen LogP contribution in [0.3, 0.4) is 0 Å². The Morgan fingerprint density at radius 2 is 1.93 bits per heavy atom. The number of allylic oxidation sites excluding steroid dienone is 1. The first kappa shape index (κ1) is 12.6. The van der Waals surface area contributed by atoms with Crippen molar-refractivity contribution in [1.29, 1.82) is 0 Å². The molecule has 0 aromatic rings. The van der Waals surface area contributed by atoms with Crippen molar-refractivity contribution in [3.8, 4) is 0 Å². The van der Waals surface area contributed by atoms with Crippen molar-refractivity contribution in [3.63, 3.8) is 0 Å². The Morgan fingerprint density at radius 1 is 1.36 bits per heavy atom. The Bertz CT molecular complexity index is 274. The normalized spacial score (nSPS) is 10.9. The monoisotopic (exact) mass is 196 g/mol. The molecule has 0 aromatic carbocycles. The van der Waals surface area contributed by atoms with Crippen LogP contribution in [-0.2, 0) is 14.3 Å². The van der Waals surface area contributed by atoms with Gasteiger partial charge in [0.25, 0.3) is 0 Å². The predicted octanol–water partition coefficient (Wildman–Crippen LogP) is 2.03. The fourth-order valence-electron chi connectivity index (χ4n) is 0.675. The third-order valence-electron chi connectivity index (χ3n) is 1.89. The lowest BCUT2D eigenvalue weighted by Gasteiger charge is -2.04. The second-order valence-corrected chi connectivity index (χ2v) is 3.02. The first-order chi connectivity index (χ1) is 6.49. The van der Waals surface area contributed by atoms with Crippen LogP contribution in [-0.4, -0.2) is 18.4 Å². The van der Waals surface area contributed by atoms with E-state index in [9.17, 15) is 9.59 Å². The van der Waals surface area contributed by atoms with Crippen molar-refractivity contribution in [1.82, 2.24) is 0 Å². The van der Waals surface area contributed by atoms with E-state index >= 15 is 0 Å². The van der Waals surface area contributed by atoms with Crippen LogP contribution in [0, 0.1) is 0 Å². The van der Waals surface area contributed by atoms with Gasteiger partial charge in [0, 0.05) is 12.0 Å². The van der Waals surface area contributed by atoms with E-state index in [2.05, 4.69) is 6.58 Å². The minimum atomic E-state index is -0.344. The third kappa shape index (κ3) is 4.60. The van der Waals surface area contributed by atoms with E-state index < -0.39 is 0 Å². The van der Waals surface area contributed by atoms with E-state index in [0.717, 1.165) is 0 Å². The van der Waals surface area contributed by atoms with E-state index in [1.807, 2.05) is 0 Å². The fraction of sp³-hybridized carbons (Fsp3) is 0.455. The van der Waals surface area contributed by atoms with Crippen LogP contribution in [0.4, 0.5) is 0 Å².